The van der Waals surface area contributed by atoms with E-state index < -0.39 is 0 Å². The normalized spacial score (nSPS) is 25.7. The molecule has 0 radical (unpaired) electrons. The largest absolute Gasteiger partial charge is 0.375 e. The van der Waals surface area contributed by atoms with Crippen molar-refractivity contribution in [2.75, 3.05) is 0 Å². The maximum Gasteiger partial charge on any atom is 0.0578 e. The van der Waals surface area contributed by atoms with E-state index in [2.05, 4.69) is 0 Å². The standard InChI is InChI=1S/C12H22O.ClH/c1-3-7-11(8-4-1)13-12-9-5-2-6-10-12;/h11-12H,1-10H2;1H. The van der Waals surface area contributed by atoms with Gasteiger partial charge in [-0.3, -0.25) is 0 Å². The summed E-state index contributed by atoms with van der Waals surface area (Å²) in [6.45, 7) is 0. The monoisotopic (exact) mass is 218 g/mol. The van der Waals surface area contributed by atoms with Crippen molar-refractivity contribution in [2.24, 2.45) is 0 Å². The first kappa shape index (κ1) is 12.3. The molecule has 0 amide bonds. The average Bonchev–Trinajstić information content (AvgIpc) is 2.21. The van der Waals surface area contributed by atoms with Gasteiger partial charge in [-0.05, 0) is 25.7 Å². The van der Waals surface area contributed by atoms with Gasteiger partial charge in [0.05, 0.1) is 12.2 Å². The van der Waals surface area contributed by atoms with E-state index >= 15 is 0 Å². The van der Waals surface area contributed by atoms with Crippen molar-refractivity contribution in [2.45, 2.75) is 76.4 Å². The number of hydrogen-bond acceptors (Lipinski definition) is 1. The summed E-state index contributed by atoms with van der Waals surface area (Å²) in [7, 11) is 0. The lowest BCUT2D eigenvalue weighted by Crippen LogP contribution is -2.25. The lowest BCUT2D eigenvalue weighted by molar-refractivity contribution is -0.0450. The highest BCUT2D eigenvalue weighted by atomic mass is 35.5. The van der Waals surface area contributed by atoms with Crippen LogP contribution in [0.5, 0.6) is 0 Å². The van der Waals surface area contributed by atoms with E-state index in [1.807, 2.05) is 0 Å². The molecule has 0 spiro atoms. The maximum atomic E-state index is 6.13. The molecule has 0 aromatic carbocycles. The fourth-order valence-electron chi connectivity index (χ4n) is 2.67. The van der Waals surface area contributed by atoms with Crippen molar-refractivity contribution in [1.82, 2.24) is 0 Å². The Morgan fingerprint density at radius 2 is 0.929 bits per heavy atom. The molecule has 2 heteroatoms. The van der Waals surface area contributed by atoms with Gasteiger partial charge in [-0.15, -0.1) is 12.4 Å². The van der Waals surface area contributed by atoms with Crippen LogP contribution in [0.3, 0.4) is 0 Å². The molecule has 0 aromatic heterocycles. The predicted molar refractivity (Wildman–Crippen MR) is 62.1 cm³/mol. The Kier molecular flexibility index (Phi) is 5.88. The molecule has 2 aliphatic rings. The van der Waals surface area contributed by atoms with E-state index in [1.165, 1.54) is 64.2 Å². The van der Waals surface area contributed by atoms with Crippen molar-refractivity contribution in [3.8, 4) is 0 Å². The smallest absolute Gasteiger partial charge is 0.0578 e. The van der Waals surface area contributed by atoms with Gasteiger partial charge in [-0.1, -0.05) is 38.5 Å². The molecule has 84 valence electrons. The maximum absolute atomic E-state index is 6.13. The Labute approximate surface area is 94.0 Å². The molecule has 0 aliphatic heterocycles. The molecule has 0 N–H and O–H groups in total. The van der Waals surface area contributed by atoms with Crippen LogP contribution in [0.25, 0.3) is 0 Å². The zero-order valence-corrected chi connectivity index (χ0v) is 9.86. The summed E-state index contributed by atoms with van der Waals surface area (Å²) < 4.78 is 6.13. The Balaban J connectivity index is 0.000000980. The van der Waals surface area contributed by atoms with Crippen LogP contribution in [0.1, 0.15) is 64.2 Å². The minimum absolute atomic E-state index is 0. The molecule has 0 unspecified atom stereocenters. The molecule has 0 heterocycles. The lowest BCUT2D eigenvalue weighted by atomic mass is 9.95. The van der Waals surface area contributed by atoms with Crippen LogP contribution in [0.2, 0.25) is 0 Å². The van der Waals surface area contributed by atoms with E-state index in [9.17, 15) is 0 Å². The van der Waals surface area contributed by atoms with Gasteiger partial charge in [0.15, 0.2) is 0 Å². The molecular weight excluding hydrogens is 196 g/mol. The minimum atomic E-state index is 0. The van der Waals surface area contributed by atoms with Crippen molar-refractivity contribution in [3.05, 3.63) is 0 Å². The van der Waals surface area contributed by atoms with Crippen molar-refractivity contribution in [3.63, 3.8) is 0 Å². The topological polar surface area (TPSA) is 9.23 Å². The quantitative estimate of drug-likeness (QED) is 0.679. The van der Waals surface area contributed by atoms with Gasteiger partial charge in [0.25, 0.3) is 0 Å². The number of ether oxygens (including phenoxy) is 1. The van der Waals surface area contributed by atoms with Gasteiger partial charge in [-0.25, -0.2) is 0 Å². The summed E-state index contributed by atoms with van der Waals surface area (Å²) in [6.07, 6.45) is 15.0. The van der Waals surface area contributed by atoms with E-state index in [4.69, 9.17) is 4.74 Å². The second-order valence-electron chi connectivity index (χ2n) is 4.66. The Hall–Kier alpha value is 0.250. The van der Waals surface area contributed by atoms with Crippen LogP contribution in [-0.4, -0.2) is 12.2 Å². The van der Waals surface area contributed by atoms with E-state index in [1.54, 1.807) is 0 Å². The summed E-state index contributed by atoms with van der Waals surface area (Å²) in [5, 5.41) is 0. The first-order valence-electron chi connectivity index (χ1n) is 6.10. The third-order valence-corrected chi connectivity index (χ3v) is 3.49. The SMILES string of the molecule is C1CCC(OC2CCCCC2)CC1.Cl. The predicted octanol–water partition coefficient (Wildman–Crippen LogP) is 4.09. The molecule has 0 saturated heterocycles. The molecule has 1 nitrogen and oxygen atoms in total. The molecule has 0 aromatic rings. The van der Waals surface area contributed by atoms with Gasteiger partial charge >= 0.3 is 0 Å². The first-order valence-corrected chi connectivity index (χ1v) is 6.10. The zero-order valence-electron chi connectivity index (χ0n) is 9.04. The van der Waals surface area contributed by atoms with Crippen molar-refractivity contribution < 1.29 is 4.74 Å². The zero-order chi connectivity index (χ0) is 8.93. The van der Waals surface area contributed by atoms with Crippen molar-refractivity contribution in [1.29, 1.82) is 0 Å². The van der Waals surface area contributed by atoms with Crippen LogP contribution >= 0.6 is 12.4 Å². The fraction of sp³-hybridized carbons (Fsp3) is 1.00. The molecule has 2 aliphatic carbocycles. The summed E-state index contributed by atoms with van der Waals surface area (Å²) in [4.78, 5) is 0. The molecule has 14 heavy (non-hydrogen) atoms. The Morgan fingerprint density at radius 3 is 1.29 bits per heavy atom. The van der Waals surface area contributed by atoms with Gasteiger partial charge in [0.1, 0.15) is 0 Å². The molecule has 0 bridgehead atoms. The second kappa shape index (κ2) is 6.68. The molecule has 2 fully saturated rings. The van der Waals surface area contributed by atoms with E-state index in [-0.39, 0.29) is 12.4 Å². The molecule has 0 atom stereocenters. The second-order valence-corrected chi connectivity index (χ2v) is 4.66. The average molecular weight is 219 g/mol. The van der Waals surface area contributed by atoms with Crippen LogP contribution in [-0.2, 0) is 4.74 Å². The molecule has 2 saturated carbocycles. The van der Waals surface area contributed by atoms with Crippen molar-refractivity contribution >= 4 is 12.4 Å². The third kappa shape index (κ3) is 3.78. The highest BCUT2D eigenvalue weighted by Crippen LogP contribution is 2.26. The van der Waals surface area contributed by atoms with Crippen LogP contribution < -0.4 is 0 Å². The van der Waals surface area contributed by atoms with Crippen LogP contribution in [0.4, 0.5) is 0 Å². The summed E-state index contributed by atoms with van der Waals surface area (Å²) in [5.41, 5.74) is 0. The minimum Gasteiger partial charge on any atom is -0.375 e. The molecular formula is C12H23ClO. The van der Waals surface area contributed by atoms with Gasteiger partial charge in [0, 0.05) is 0 Å². The fourth-order valence-corrected chi connectivity index (χ4v) is 2.67. The number of rotatable bonds is 2. The van der Waals surface area contributed by atoms with Crippen LogP contribution in [0.15, 0.2) is 0 Å². The Bertz CT molecular complexity index is 121. The summed E-state index contributed by atoms with van der Waals surface area (Å²) in [5.74, 6) is 0. The third-order valence-electron chi connectivity index (χ3n) is 3.49. The number of hydrogen-bond donors (Lipinski definition) is 0. The van der Waals surface area contributed by atoms with Crippen LogP contribution in [0, 0.1) is 0 Å². The highest BCUT2D eigenvalue weighted by molar-refractivity contribution is 5.85. The lowest BCUT2D eigenvalue weighted by Gasteiger charge is -2.29. The first-order chi connectivity index (χ1) is 6.45. The summed E-state index contributed by atoms with van der Waals surface area (Å²) in [6, 6.07) is 0. The Morgan fingerprint density at radius 1 is 0.571 bits per heavy atom. The highest BCUT2D eigenvalue weighted by Gasteiger charge is 2.20. The number of halogens is 1. The van der Waals surface area contributed by atoms with E-state index in [0.29, 0.717) is 12.2 Å². The van der Waals surface area contributed by atoms with Gasteiger partial charge < -0.3 is 4.74 Å². The van der Waals surface area contributed by atoms with Gasteiger partial charge in [-0.2, -0.15) is 0 Å². The molecule has 2 rings (SSSR count). The summed E-state index contributed by atoms with van der Waals surface area (Å²) >= 11 is 0. The van der Waals surface area contributed by atoms with Gasteiger partial charge in [0.2, 0.25) is 0 Å². The van der Waals surface area contributed by atoms with E-state index in [0.717, 1.165) is 0 Å².